The molecule has 0 unspecified atom stereocenters. The first-order valence-corrected chi connectivity index (χ1v) is 10.3. The van der Waals surface area contributed by atoms with Crippen molar-refractivity contribution in [2.45, 2.75) is 6.92 Å². The Kier molecular flexibility index (Phi) is 7.42. The summed E-state index contributed by atoms with van der Waals surface area (Å²) in [4.78, 5) is 24.2. The molecule has 0 bridgehead atoms. The van der Waals surface area contributed by atoms with Gasteiger partial charge in [0.15, 0.2) is 12.4 Å². The summed E-state index contributed by atoms with van der Waals surface area (Å²) < 4.78 is 17.1. The molecular weight excluding hydrogens is 520 g/mol. The molecule has 0 spiro atoms. The Morgan fingerprint density at radius 1 is 1.17 bits per heavy atom. The fraction of sp³-hybridized carbons (Fsp3) is 0.0952. The van der Waals surface area contributed by atoms with Gasteiger partial charge in [-0.15, -0.1) is 0 Å². The third kappa shape index (κ3) is 6.04. The molecule has 3 aromatic rings. The van der Waals surface area contributed by atoms with Gasteiger partial charge in [-0.1, -0.05) is 33.6 Å². The second kappa shape index (κ2) is 10.2. The molecule has 0 aliphatic heterocycles. The first-order chi connectivity index (χ1) is 14.4. The van der Waals surface area contributed by atoms with Crippen LogP contribution < -0.4 is 14.9 Å². The zero-order chi connectivity index (χ0) is 21.5. The van der Waals surface area contributed by atoms with Gasteiger partial charge < -0.3 is 13.9 Å². The summed E-state index contributed by atoms with van der Waals surface area (Å²) in [5.74, 6) is -0.214. The molecule has 0 aliphatic carbocycles. The van der Waals surface area contributed by atoms with Crippen molar-refractivity contribution in [1.82, 2.24) is 5.43 Å². The van der Waals surface area contributed by atoms with Crippen molar-refractivity contribution in [2.24, 2.45) is 5.10 Å². The van der Waals surface area contributed by atoms with Crippen molar-refractivity contribution < 1.29 is 23.5 Å². The summed E-state index contributed by atoms with van der Waals surface area (Å²) in [7, 11) is 0. The topological polar surface area (TPSA) is 90.1 Å². The highest BCUT2D eigenvalue weighted by atomic mass is 79.9. The molecule has 2 aromatic carbocycles. The minimum absolute atomic E-state index is 0.0641. The van der Waals surface area contributed by atoms with Crippen molar-refractivity contribution in [1.29, 1.82) is 0 Å². The van der Waals surface area contributed by atoms with E-state index in [1.807, 2.05) is 19.1 Å². The van der Waals surface area contributed by atoms with E-state index in [9.17, 15) is 9.59 Å². The molecule has 7 nitrogen and oxygen atoms in total. The molecule has 1 heterocycles. The minimum atomic E-state index is -0.659. The number of carbonyl (C=O) groups excluding carboxylic acids is 2. The van der Waals surface area contributed by atoms with E-state index in [2.05, 4.69) is 42.4 Å². The molecule has 30 heavy (non-hydrogen) atoms. The molecule has 0 saturated carbocycles. The average molecular weight is 536 g/mol. The Bertz CT molecular complexity index is 1060. The number of ether oxygens (including phenoxy) is 2. The molecule has 1 N–H and O–H groups in total. The molecule has 0 fully saturated rings. The lowest BCUT2D eigenvalue weighted by atomic mass is 10.2. The lowest BCUT2D eigenvalue weighted by molar-refractivity contribution is -0.123. The van der Waals surface area contributed by atoms with Crippen molar-refractivity contribution in [3.63, 3.8) is 0 Å². The highest BCUT2D eigenvalue weighted by Gasteiger charge is 2.17. The molecule has 1 amide bonds. The number of esters is 1. The van der Waals surface area contributed by atoms with Gasteiger partial charge in [-0.05, 0) is 59.3 Å². The molecule has 0 radical (unpaired) electrons. The molecule has 1 aromatic heterocycles. The number of rotatable bonds is 7. The van der Waals surface area contributed by atoms with Crippen LogP contribution in [0.3, 0.4) is 0 Å². The largest absolute Gasteiger partial charge is 0.484 e. The van der Waals surface area contributed by atoms with Gasteiger partial charge >= 0.3 is 5.97 Å². The van der Waals surface area contributed by atoms with Crippen LogP contribution in [0.25, 0.3) is 0 Å². The Labute approximate surface area is 189 Å². The quantitative estimate of drug-likeness (QED) is 0.202. The first kappa shape index (κ1) is 21.8. The van der Waals surface area contributed by atoms with Crippen LogP contribution >= 0.6 is 31.9 Å². The van der Waals surface area contributed by atoms with E-state index in [-0.39, 0.29) is 18.1 Å². The zero-order valence-corrected chi connectivity index (χ0v) is 18.9. The van der Waals surface area contributed by atoms with Crippen molar-refractivity contribution in [3.05, 3.63) is 80.6 Å². The maximum Gasteiger partial charge on any atom is 0.379 e. The summed E-state index contributed by atoms with van der Waals surface area (Å²) in [5, 5.41) is 3.92. The number of halogens is 2. The van der Waals surface area contributed by atoms with E-state index in [1.54, 1.807) is 30.3 Å². The second-order valence-electron chi connectivity index (χ2n) is 6.07. The fourth-order valence-electron chi connectivity index (χ4n) is 2.31. The summed E-state index contributed by atoms with van der Waals surface area (Å²) in [5.41, 5.74) is 3.93. The smallest absolute Gasteiger partial charge is 0.379 e. The monoisotopic (exact) mass is 534 g/mol. The maximum absolute atomic E-state index is 12.2. The van der Waals surface area contributed by atoms with Crippen molar-refractivity contribution in [3.8, 4) is 11.5 Å². The third-order valence-electron chi connectivity index (χ3n) is 3.74. The molecule has 0 aliphatic rings. The number of amides is 1. The number of hydrogen-bond acceptors (Lipinski definition) is 6. The van der Waals surface area contributed by atoms with Crippen molar-refractivity contribution >= 4 is 50.0 Å². The molecule has 0 saturated heterocycles. The fourth-order valence-corrected chi connectivity index (χ4v) is 3.65. The van der Waals surface area contributed by atoms with E-state index in [0.29, 0.717) is 15.8 Å². The minimum Gasteiger partial charge on any atom is -0.484 e. The number of nitrogens with one attached hydrogen (secondary N) is 1. The summed E-state index contributed by atoms with van der Waals surface area (Å²) in [6, 6.07) is 13.8. The van der Waals surface area contributed by atoms with Crippen LogP contribution in [0, 0.1) is 6.92 Å². The number of carbonyl (C=O) groups is 2. The third-order valence-corrected chi connectivity index (χ3v) is 4.78. The maximum atomic E-state index is 12.2. The van der Waals surface area contributed by atoms with Gasteiger partial charge in [0.2, 0.25) is 5.76 Å². The van der Waals surface area contributed by atoms with E-state index in [0.717, 1.165) is 10.0 Å². The summed E-state index contributed by atoms with van der Waals surface area (Å²) in [6.45, 7) is 1.77. The van der Waals surface area contributed by atoms with Crippen LogP contribution in [0.5, 0.6) is 11.5 Å². The van der Waals surface area contributed by atoms with E-state index in [4.69, 9.17) is 13.9 Å². The van der Waals surface area contributed by atoms with Crippen LogP contribution in [-0.4, -0.2) is 24.7 Å². The normalized spacial score (nSPS) is 10.8. The van der Waals surface area contributed by atoms with Crippen LogP contribution in [0.2, 0.25) is 0 Å². The van der Waals surface area contributed by atoms with Gasteiger partial charge in [0.25, 0.3) is 5.91 Å². The van der Waals surface area contributed by atoms with Gasteiger partial charge in [-0.3, -0.25) is 4.79 Å². The molecule has 0 atom stereocenters. The predicted octanol–water partition coefficient (Wildman–Crippen LogP) is 4.86. The number of aryl methyl sites for hydroxylation is 1. The van der Waals surface area contributed by atoms with Gasteiger partial charge in [-0.2, -0.15) is 5.10 Å². The van der Waals surface area contributed by atoms with Crippen LogP contribution in [0.4, 0.5) is 0 Å². The molecule has 9 heteroatoms. The predicted molar refractivity (Wildman–Crippen MR) is 118 cm³/mol. The van der Waals surface area contributed by atoms with Gasteiger partial charge in [0, 0.05) is 10.0 Å². The zero-order valence-electron chi connectivity index (χ0n) is 15.7. The summed E-state index contributed by atoms with van der Waals surface area (Å²) >= 11 is 6.73. The second-order valence-corrected chi connectivity index (χ2v) is 7.84. The highest BCUT2D eigenvalue weighted by molar-refractivity contribution is 9.11. The number of benzene rings is 2. The average Bonchev–Trinajstić information content (AvgIpc) is 3.25. The Balaban J connectivity index is 1.64. The van der Waals surface area contributed by atoms with Gasteiger partial charge in [-0.25, -0.2) is 10.2 Å². The molecular formula is C21H16Br2N2O5. The summed E-state index contributed by atoms with van der Waals surface area (Å²) in [6.07, 6.45) is 2.74. The Morgan fingerprint density at radius 3 is 2.63 bits per heavy atom. The first-order valence-electron chi connectivity index (χ1n) is 8.68. The molecule has 3 rings (SSSR count). The number of hydrogen-bond donors (Lipinski definition) is 1. The van der Waals surface area contributed by atoms with E-state index in [1.165, 1.54) is 18.5 Å². The Morgan fingerprint density at radius 2 is 1.93 bits per heavy atom. The van der Waals surface area contributed by atoms with Crippen molar-refractivity contribution in [2.75, 3.05) is 6.61 Å². The number of furan rings is 1. The lowest BCUT2D eigenvalue weighted by Crippen LogP contribution is -2.24. The van der Waals surface area contributed by atoms with E-state index < -0.39 is 11.9 Å². The number of hydrazone groups is 1. The van der Waals surface area contributed by atoms with Crippen LogP contribution in [0.15, 0.2) is 73.3 Å². The van der Waals surface area contributed by atoms with Crippen LogP contribution in [0.1, 0.15) is 21.7 Å². The van der Waals surface area contributed by atoms with Gasteiger partial charge in [0.1, 0.15) is 5.75 Å². The SMILES string of the molecule is Cc1ccc(OCC(=O)NN=Cc2cc(Br)cc(Br)c2OC(=O)c2ccco2)cc1. The van der Waals surface area contributed by atoms with Gasteiger partial charge in [0.05, 0.1) is 17.0 Å². The molecule has 154 valence electrons. The number of nitrogens with zero attached hydrogens (tertiary/aromatic N) is 1. The van der Waals surface area contributed by atoms with Crippen LogP contribution in [-0.2, 0) is 4.79 Å². The standard InChI is InChI=1S/C21H16Br2N2O5/c1-13-4-6-16(7-5-13)29-12-19(26)25-24-11-14-9-15(22)10-17(23)20(14)30-21(27)18-3-2-8-28-18/h2-11H,12H2,1H3,(H,25,26). The van der Waals surface area contributed by atoms with E-state index >= 15 is 0 Å². The highest BCUT2D eigenvalue weighted by Crippen LogP contribution is 2.32. The lowest BCUT2D eigenvalue weighted by Gasteiger charge is -2.09. The Hall–Kier alpha value is -2.91.